The first kappa shape index (κ1) is 24.0. The molecule has 2 aromatic rings. The zero-order valence-corrected chi connectivity index (χ0v) is 21.4. The lowest BCUT2D eigenvalue weighted by Crippen LogP contribution is -2.59. The first-order chi connectivity index (χ1) is 15.8. The van der Waals surface area contributed by atoms with E-state index in [1.807, 2.05) is 24.3 Å². The van der Waals surface area contributed by atoms with Crippen LogP contribution in [0.1, 0.15) is 92.3 Å². The molecule has 1 fully saturated rings. The standard InChI is InChI=1S/C30H41NO2/c1-20(2)23-10-15-26-24(19-23)11-16-28-27(26)14-7-21(3)30(28,4)31(5)18-17-29(32)22-8-12-25(33-6)13-9-22/h8-10,12-13,15,19-21,27-28H,7,11,14,16-18H2,1-6H3. The van der Waals surface area contributed by atoms with Gasteiger partial charge in [-0.2, -0.15) is 0 Å². The Labute approximate surface area is 200 Å². The Morgan fingerprint density at radius 1 is 1.12 bits per heavy atom. The number of carbonyl (C=O) groups excluding carboxylic acids is 1. The van der Waals surface area contributed by atoms with Gasteiger partial charge in [0.05, 0.1) is 7.11 Å². The Bertz CT molecular complexity index is 979. The quantitative estimate of drug-likeness (QED) is 0.434. The Morgan fingerprint density at radius 2 is 1.85 bits per heavy atom. The molecular formula is C30H41NO2. The summed E-state index contributed by atoms with van der Waals surface area (Å²) in [5.74, 6) is 3.48. The van der Waals surface area contributed by atoms with Crippen LogP contribution < -0.4 is 4.74 Å². The monoisotopic (exact) mass is 447 g/mol. The van der Waals surface area contributed by atoms with E-state index in [1.54, 1.807) is 18.2 Å². The van der Waals surface area contributed by atoms with Crippen molar-refractivity contribution in [1.29, 1.82) is 0 Å². The summed E-state index contributed by atoms with van der Waals surface area (Å²) < 4.78 is 5.23. The number of benzene rings is 2. The average molecular weight is 448 g/mol. The van der Waals surface area contributed by atoms with E-state index < -0.39 is 0 Å². The maximum absolute atomic E-state index is 12.9. The molecule has 0 amide bonds. The minimum absolute atomic E-state index is 0.109. The molecular weight excluding hydrogens is 406 g/mol. The Kier molecular flexibility index (Phi) is 7.00. The molecule has 2 aliphatic carbocycles. The van der Waals surface area contributed by atoms with Crippen molar-refractivity contribution in [1.82, 2.24) is 4.90 Å². The molecule has 0 aromatic heterocycles. The van der Waals surface area contributed by atoms with Gasteiger partial charge in [0.25, 0.3) is 0 Å². The summed E-state index contributed by atoms with van der Waals surface area (Å²) in [5, 5.41) is 0. The molecule has 4 rings (SSSR count). The smallest absolute Gasteiger partial charge is 0.164 e. The SMILES string of the molecule is COc1ccc(C(=O)CCN(C)C2(C)C(C)CCC3c4ccc(C(C)C)cc4CCC32)cc1. The molecule has 2 aromatic carbocycles. The fourth-order valence-corrected chi connectivity index (χ4v) is 6.53. The van der Waals surface area contributed by atoms with Gasteiger partial charge in [-0.3, -0.25) is 9.69 Å². The zero-order chi connectivity index (χ0) is 23.8. The van der Waals surface area contributed by atoms with Gasteiger partial charge in [0.1, 0.15) is 5.75 Å². The van der Waals surface area contributed by atoms with Gasteiger partial charge < -0.3 is 4.74 Å². The Hall–Kier alpha value is -2.13. The third-order valence-electron chi connectivity index (χ3n) is 9.01. The Morgan fingerprint density at radius 3 is 2.52 bits per heavy atom. The fourth-order valence-electron chi connectivity index (χ4n) is 6.53. The topological polar surface area (TPSA) is 29.5 Å². The van der Waals surface area contributed by atoms with Crippen LogP contribution in [-0.4, -0.2) is 36.9 Å². The van der Waals surface area contributed by atoms with Crippen LogP contribution in [0.5, 0.6) is 5.75 Å². The molecule has 3 nitrogen and oxygen atoms in total. The summed E-state index contributed by atoms with van der Waals surface area (Å²) in [4.78, 5) is 15.4. The van der Waals surface area contributed by atoms with E-state index in [0.717, 1.165) is 17.9 Å². The predicted molar refractivity (Wildman–Crippen MR) is 136 cm³/mol. The Balaban J connectivity index is 1.50. The van der Waals surface area contributed by atoms with E-state index in [1.165, 1.54) is 31.2 Å². The van der Waals surface area contributed by atoms with Gasteiger partial charge in [0.2, 0.25) is 0 Å². The van der Waals surface area contributed by atoms with Crippen LogP contribution >= 0.6 is 0 Å². The van der Waals surface area contributed by atoms with Crippen LogP contribution in [0.3, 0.4) is 0 Å². The third kappa shape index (κ3) is 4.49. The normalized spacial score (nSPS) is 26.7. The number of Topliss-reactive ketones (excluding diaryl/α,β-unsaturated/α-hetero) is 1. The molecule has 4 unspecified atom stereocenters. The van der Waals surface area contributed by atoms with Gasteiger partial charge in [0, 0.05) is 24.1 Å². The van der Waals surface area contributed by atoms with E-state index in [4.69, 9.17) is 4.74 Å². The van der Waals surface area contributed by atoms with Gasteiger partial charge in [0.15, 0.2) is 5.78 Å². The zero-order valence-electron chi connectivity index (χ0n) is 21.4. The molecule has 0 saturated heterocycles. The van der Waals surface area contributed by atoms with Crippen LogP contribution in [0.2, 0.25) is 0 Å². The molecule has 178 valence electrons. The maximum atomic E-state index is 12.9. The summed E-state index contributed by atoms with van der Waals surface area (Å²) in [6.07, 6.45) is 5.51. The minimum Gasteiger partial charge on any atom is -0.497 e. The minimum atomic E-state index is 0.109. The highest BCUT2D eigenvalue weighted by atomic mass is 16.5. The van der Waals surface area contributed by atoms with Crippen molar-refractivity contribution in [3.05, 3.63) is 64.7 Å². The van der Waals surface area contributed by atoms with E-state index in [9.17, 15) is 4.79 Å². The molecule has 0 bridgehead atoms. The molecule has 0 N–H and O–H groups in total. The highest BCUT2D eigenvalue weighted by molar-refractivity contribution is 5.96. The first-order valence-corrected chi connectivity index (χ1v) is 12.8. The number of hydrogen-bond acceptors (Lipinski definition) is 3. The predicted octanol–water partition coefficient (Wildman–Crippen LogP) is 6.86. The van der Waals surface area contributed by atoms with E-state index in [2.05, 4.69) is 57.8 Å². The molecule has 3 heteroatoms. The fraction of sp³-hybridized carbons (Fsp3) is 0.567. The molecule has 0 aliphatic heterocycles. The van der Waals surface area contributed by atoms with Crippen molar-refractivity contribution in [2.24, 2.45) is 11.8 Å². The molecule has 4 atom stereocenters. The second kappa shape index (κ2) is 9.62. The first-order valence-electron chi connectivity index (χ1n) is 12.8. The summed E-state index contributed by atoms with van der Waals surface area (Å²) in [5.41, 5.74) is 5.52. The van der Waals surface area contributed by atoms with Gasteiger partial charge >= 0.3 is 0 Å². The molecule has 33 heavy (non-hydrogen) atoms. The molecule has 0 radical (unpaired) electrons. The van der Waals surface area contributed by atoms with Crippen LogP contribution in [0.4, 0.5) is 0 Å². The molecule has 0 spiro atoms. The highest BCUT2D eigenvalue weighted by Crippen LogP contribution is 2.53. The number of aryl methyl sites for hydroxylation is 1. The van der Waals surface area contributed by atoms with Crippen molar-refractivity contribution in [2.75, 3.05) is 20.7 Å². The van der Waals surface area contributed by atoms with E-state index in [-0.39, 0.29) is 11.3 Å². The third-order valence-corrected chi connectivity index (χ3v) is 9.01. The summed E-state index contributed by atoms with van der Waals surface area (Å²) in [6, 6.07) is 14.8. The van der Waals surface area contributed by atoms with Crippen molar-refractivity contribution in [3.8, 4) is 5.75 Å². The highest BCUT2D eigenvalue weighted by Gasteiger charge is 2.50. The second-order valence-corrected chi connectivity index (χ2v) is 10.9. The molecule has 0 heterocycles. The van der Waals surface area contributed by atoms with Crippen molar-refractivity contribution < 1.29 is 9.53 Å². The van der Waals surface area contributed by atoms with Crippen LogP contribution in [0.15, 0.2) is 42.5 Å². The molecule has 1 saturated carbocycles. The number of methoxy groups -OCH3 is 1. The van der Waals surface area contributed by atoms with Gasteiger partial charge in [-0.05, 0) is 104 Å². The summed E-state index contributed by atoms with van der Waals surface area (Å²) in [7, 11) is 3.90. The van der Waals surface area contributed by atoms with Crippen LogP contribution in [0.25, 0.3) is 0 Å². The van der Waals surface area contributed by atoms with Gasteiger partial charge in [-0.25, -0.2) is 0 Å². The number of ketones is 1. The summed E-state index contributed by atoms with van der Waals surface area (Å²) >= 11 is 0. The van der Waals surface area contributed by atoms with E-state index >= 15 is 0 Å². The number of nitrogens with zero attached hydrogens (tertiary/aromatic N) is 1. The van der Waals surface area contributed by atoms with Crippen molar-refractivity contribution in [2.45, 2.75) is 77.2 Å². The largest absolute Gasteiger partial charge is 0.497 e. The van der Waals surface area contributed by atoms with Gasteiger partial charge in [-0.15, -0.1) is 0 Å². The maximum Gasteiger partial charge on any atom is 0.164 e. The lowest BCUT2D eigenvalue weighted by atomic mass is 9.56. The lowest BCUT2D eigenvalue weighted by Gasteiger charge is -2.57. The van der Waals surface area contributed by atoms with Gasteiger partial charge in [-0.1, -0.05) is 39.0 Å². The van der Waals surface area contributed by atoms with Crippen molar-refractivity contribution in [3.63, 3.8) is 0 Å². The van der Waals surface area contributed by atoms with Crippen LogP contribution in [-0.2, 0) is 6.42 Å². The van der Waals surface area contributed by atoms with E-state index in [0.29, 0.717) is 30.1 Å². The number of ether oxygens (including phenoxy) is 1. The summed E-state index contributed by atoms with van der Waals surface area (Å²) in [6.45, 7) is 10.3. The lowest BCUT2D eigenvalue weighted by molar-refractivity contribution is -0.0284. The number of carbonyl (C=O) groups is 1. The van der Waals surface area contributed by atoms with Crippen LogP contribution in [0, 0.1) is 11.8 Å². The number of hydrogen-bond donors (Lipinski definition) is 0. The number of fused-ring (bicyclic) bond motifs is 3. The molecule has 2 aliphatic rings. The second-order valence-electron chi connectivity index (χ2n) is 10.9. The average Bonchev–Trinajstić information content (AvgIpc) is 2.83. The van der Waals surface area contributed by atoms with Crippen molar-refractivity contribution >= 4 is 5.78 Å². The number of rotatable bonds is 7.